The minimum absolute atomic E-state index is 0.484. The first-order valence-corrected chi connectivity index (χ1v) is 8.66. The molecule has 2 bridgehead atoms. The molecule has 1 fully saturated rings. The lowest BCUT2D eigenvalue weighted by atomic mass is 10.1. The molecule has 0 heterocycles. The summed E-state index contributed by atoms with van der Waals surface area (Å²) in [6.07, 6.45) is 7.15. The van der Waals surface area contributed by atoms with Crippen LogP contribution in [0.15, 0.2) is 12.2 Å². The fourth-order valence-corrected chi connectivity index (χ4v) is 6.70. The van der Waals surface area contributed by atoms with Gasteiger partial charge in [-0.25, -0.2) is 0 Å². The first-order valence-electron chi connectivity index (χ1n) is 6.85. The molecule has 17 heavy (non-hydrogen) atoms. The topological polar surface area (TPSA) is 27.7 Å². The Kier molecular flexibility index (Phi) is 4.41. The summed E-state index contributed by atoms with van der Waals surface area (Å²) in [5.74, 6) is 1.36. The molecule has 0 aromatic rings. The zero-order chi connectivity index (χ0) is 12.3. The molecule has 3 nitrogen and oxygen atoms in total. The molecule has 0 aromatic heterocycles. The van der Waals surface area contributed by atoms with E-state index in [1.165, 1.54) is 12.8 Å². The third kappa shape index (κ3) is 2.50. The largest absolute Gasteiger partial charge is 0.504 e. The number of hydrogen-bond acceptors (Lipinski definition) is 3. The first-order chi connectivity index (χ1) is 8.25. The van der Waals surface area contributed by atoms with Crippen LogP contribution in [0.1, 0.15) is 33.6 Å². The van der Waals surface area contributed by atoms with Gasteiger partial charge in [-0.3, -0.25) is 0 Å². The van der Waals surface area contributed by atoms with Gasteiger partial charge in [-0.15, -0.1) is 0 Å². The smallest absolute Gasteiger partial charge is 0.374 e. The Morgan fingerprint density at radius 1 is 0.941 bits per heavy atom. The standard InChI is InChI=1S/C13H24O3Si/c1-4-14-17(15-5-2,16-6-3)13-10-11-7-8-12(13)9-11/h7-8,11-13H,4-6,9-10H2,1-3H3/t11-,12+,13+/m1/s1. The van der Waals surface area contributed by atoms with Crippen LogP contribution in [0.5, 0.6) is 0 Å². The maximum Gasteiger partial charge on any atom is 0.504 e. The van der Waals surface area contributed by atoms with E-state index < -0.39 is 8.80 Å². The molecular weight excluding hydrogens is 232 g/mol. The van der Waals surface area contributed by atoms with E-state index in [9.17, 15) is 0 Å². The molecule has 0 saturated heterocycles. The van der Waals surface area contributed by atoms with Crippen molar-refractivity contribution in [3.63, 3.8) is 0 Å². The van der Waals surface area contributed by atoms with Gasteiger partial charge in [0.05, 0.1) is 0 Å². The van der Waals surface area contributed by atoms with Gasteiger partial charge in [-0.2, -0.15) is 0 Å². The summed E-state index contributed by atoms with van der Waals surface area (Å²) in [6, 6.07) is 0. The van der Waals surface area contributed by atoms with Crippen LogP contribution in [-0.4, -0.2) is 28.6 Å². The van der Waals surface area contributed by atoms with Gasteiger partial charge in [0.2, 0.25) is 0 Å². The predicted octanol–water partition coefficient (Wildman–Crippen LogP) is 3.00. The van der Waals surface area contributed by atoms with Crippen molar-refractivity contribution < 1.29 is 13.3 Å². The molecule has 0 N–H and O–H groups in total. The van der Waals surface area contributed by atoms with Gasteiger partial charge in [0.15, 0.2) is 0 Å². The maximum atomic E-state index is 6.01. The summed E-state index contributed by atoms with van der Waals surface area (Å²) in [5, 5.41) is 0. The van der Waals surface area contributed by atoms with Crippen LogP contribution in [0.2, 0.25) is 5.54 Å². The van der Waals surface area contributed by atoms with Gasteiger partial charge in [-0.1, -0.05) is 12.2 Å². The van der Waals surface area contributed by atoms with Crippen molar-refractivity contribution in [1.29, 1.82) is 0 Å². The van der Waals surface area contributed by atoms with E-state index in [4.69, 9.17) is 13.3 Å². The molecule has 98 valence electrons. The minimum atomic E-state index is -2.47. The van der Waals surface area contributed by atoms with E-state index >= 15 is 0 Å². The van der Waals surface area contributed by atoms with Crippen LogP contribution >= 0.6 is 0 Å². The second-order valence-corrected chi connectivity index (χ2v) is 7.60. The third-order valence-corrected chi connectivity index (χ3v) is 7.41. The molecule has 0 aliphatic heterocycles. The van der Waals surface area contributed by atoms with Crippen molar-refractivity contribution >= 4 is 8.80 Å². The van der Waals surface area contributed by atoms with Crippen LogP contribution < -0.4 is 0 Å². The average Bonchev–Trinajstić information content (AvgIpc) is 2.91. The van der Waals surface area contributed by atoms with Crippen LogP contribution in [0.25, 0.3) is 0 Å². The fraction of sp³-hybridized carbons (Fsp3) is 0.846. The van der Waals surface area contributed by atoms with Gasteiger partial charge >= 0.3 is 8.80 Å². The lowest BCUT2D eigenvalue weighted by molar-refractivity contribution is 0.0578. The number of allylic oxidation sites excluding steroid dienone is 2. The molecule has 2 rings (SSSR count). The minimum Gasteiger partial charge on any atom is -0.374 e. The van der Waals surface area contributed by atoms with Crippen molar-refractivity contribution in [2.24, 2.45) is 11.8 Å². The van der Waals surface area contributed by atoms with Gasteiger partial charge in [-0.05, 0) is 45.4 Å². The van der Waals surface area contributed by atoms with E-state index in [-0.39, 0.29) is 0 Å². The van der Waals surface area contributed by atoms with Crippen LogP contribution in [0.3, 0.4) is 0 Å². The predicted molar refractivity (Wildman–Crippen MR) is 69.7 cm³/mol. The number of hydrogen-bond donors (Lipinski definition) is 0. The first kappa shape index (κ1) is 13.3. The third-order valence-electron chi connectivity index (χ3n) is 3.77. The van der Waals surface area contributed by atoms with Gasteiger partial charge in [0.25, 0.3) is 0 Å². The lowest BCUT2D eigenvalue weighted by Crippen LogP contribution is -2.51. The fourth-order valence-electron chi connectivity index (χ4n) is 3.24. The van der Waals surface area contributed by atoms with Crippen molar-refractivity contribution in [2.45, 2.75) is 39.2 Å². The van der Waals surface area contributed by atoms with Crippen LogP contribution in [0.4, 0.5) is 0 Å². The zero-order valence-corrected chi connectivity index (χ0v) is 12.1. The normalized spacial score (nSPS) is 31.4. The quantitative estimate of drug-likeness (QED) is 0.518. The molecule has 4 heteroatoms. The Bertz CT molecular complexity index is 263. The number of rotatable bonds is 7. The summed E-state index contributed by atoms with van der Waals surface area (Å²) in [5.41, 5.74) is 0.484. The Morgan fingerprint density at radius 3 is 1.88 bits per heavy atom. The summed E-state index contributed by atoms with van der Waals surface area (Å²) in [7, 11) is -2.47. The van der Waals surface area contributed by atoms with Gasteiger partial charge in [0.1, 0.15) is 0 Å². The molecule has 0 aromatic carbocycles. The molecule has 0 unspecified atom stereocenters. The maximum absolute atomic E-state index is 6.01. The van der Waals surface area contributed by atoms with E-state index in [2.05, 4.69) is 12.2 Å². The van der Waals surface area contributed by atoms with Crippen LogP contribution in [0, 0.1) is 11.8 Å². The number of fused-ring (bicyclic) bond motifs is 2. The molecule has 0 amide bonds. The summed E-state index contributed by atoms with van der Waals surface area (Å²) >= 11 is 0. The zero-order valence-electron chi connectivity index (χ0n) is 11.1. The van der Waals surface area contributed by atoms with Crippen molar-refractivity contribution in [3.8, 4) is 0 Å². The molecule has 2 aliphatic rings. The SMILES string of the molecule is CCO[Si](OCC)(OCC)[C@H]1C[C@@H]2C=C[C@H]1C2. The van der Waals surface area contributed by atoms with E-state index in [1.807, 2.05) is 20.8 Å². The highest BCUT2D eigenvalue weighted by Gasteiger charge is 2.56. The molecule has 1 saturated carbocycles. The average molecular weight is 256 g/mol. The van der Waals surface area contributed by atoms with Crippen molar-refractivity contribution in [3.05, 3.63) is 12.2 Å². The Morgan fingerprint density at radius 2 is 1.53 bits per heavy atom. The van der Waals surface area contributed by atoms with Crippen molar-refractivity contribution in [2.75, 3.05) is 19.8 Å². The van der Waals surface area contributed by atoms with Gasteiger partial charge < -0.3 is 13.3 Å². The highest BCUT2D eigenvalue weighted by Crippen LogP contribution is 2.52. The molecule has 0 radical (unpaired) electrons. The second kappa shape index (κ2) is 5.65. The van der Waals surface area contributed by atoms with Crippen LogP contribution in [-0.2, 0) is 13.3 Å². The van der Waals surface area contributed by atoms with E-state index in [1.54, 1.807) is 0 Å². The van der Waals surface area contributed by atoms with E-state index in [0.717, 1.165) is 5.92 Å². The molecule has 2 aliphatic carbocycles. The Hall–Kier alpha value is -0.163. The van der Waals surface area contributed by atoms with E-state index in [0.29, 0.717) is 31.3 Å². The Labute approximate surface area is 106 Å². The van der Waals surface area contributed by atoms with Crippen molar-refractivity contribution in [1.82, 2.24) is 0 Å². The molecule has 0 spiro atoms. The monoisotopic (exact) mass is 256 g/mol. The summed E-state index contributed by atoms with van der Waals surface area (Å²) in [4.78, 5) is 0. The highest BCUT2D eigenvalue weighted by atomic mass is 28.4. The summed E-state index contributed by atoms with van der Waals surface area (Å²) < 4.78 is 18.0. The lowest BCUT2D eigenvalue weighted by Gasteiger charge is -2.36. The Balaban J connectivity index is 2.15. The van der Waals surface area contributed by atoms with Gasteiger partial charge in [0, 0.05) is 25.4 Å². The second-order valence-electron chi connectivity index (χ2n) is 4.79. The molecular formula is C13H24O3Si. The molecule has 3 atom stereocenters. The highest BCUT2D eigenvalue weighted by molar-refractivity contribution is 6.62. The summed E-state index contributed by atoms with van der Waals surface area (Å²) in [6.45, 7) is 8.14.